The molecule has 0 atom stereocenters. The Bertz CT molecular complexity index is 605. The van der Waals surface area contributed by atoms with Crippen LogP contribution < -0.4 is 4.74 Å². The van der Waals surface area contributed by atoms with Crippen molar-refractivity contribution < 1.29 is 33.7 Å². The molecule has 0 aliphatic heterocycles. The van der Waals surface area contributed by atoms with Crippen LogP contribution in [0.5, 0.6) is 5.75 Å². The second-order valence-corrected chi connectivity index (χ2v) is 5.13. The van der Waals surface area contributed by atoms with Crippen LogP contribution in [0.2, 0.25) is 0 Å². The van der Waals surface area contributed by atoms with Crippen LogP contribution in [0.15, 0.2) is 49.6 Å². The number of esters is 2. The van der Waals surface area contributed by atoms with Gasteiger partial charge in [-0.2, -0.15) is 0 Å². The topological polar surface area (TPSA) is 99.1 Å². The number of benzene rings is 1. The minimum absolute atomic E-state index is 0.210. The van der Waals surface area contributed by atoms with Crippen molar-refractivity contribution in [3.8, 4) is 5.75 Å². The summed E-state index contributed by atoms with van der Waals surface area (Å²) in [4.78, 5) is 31.7. The minimum atomic E-state index is -0.974. The molecule has 1 aromatic rings. The molecule has 0 amide bonds. The molecular formula is C20H26O7. The summed E-state index contributed by atoms with van der Waals surface area (Å²) in [5, 5.41) is 8.70. The Morgan fingerprint density at radius 2 is 1.44 bits per heavy atom. The van der Waals surface area contributed by atoms with Crippen molar-refractivity contribution in [2.45, 2.75) is 26.2 Å². The van der Waals surface area contributed by atoms with Crippen LogP contribution >= 0.6 is 0 Å². The molecule has 0 fully saturated rings. The second-order valence-electron chi connectivity index (χ2n) is 5.13. The van der Waals surface area contributed by atoms with Gasteiger partial charge >= 0.3 is 17.9 Å². The molecule has 7 heteroatoms. The quantitative estimate of drug-likeness (QED) is 0.358. The highest BCUT2D eigenvalue weighted by Gasteiger charge is 2.02. The number of unbranched alkanes of at least 4 members (excludes halogenated alkanes) is 1. The number of aromatic carboxylic acids is 1. The summed E-state index contributed by atoms with van der Waals surface area (Å²) in [5.41, 5.74) is 0.210. The normalized spacial score (nSPS) is 9.22. The highest BCUT2D eigenvalue weighted by atomic mass is 16.5. The van der Waals surface area contributed by atoms with Gasteiger partial charge in [0.25, 0.3) is 0 Å². The number of carbonyl (C=O) groups is 3. The van der Waals surface area contributed by atoms with E-state index in [1.165, 1.54) is 18.2 Å². The fourth-order valence-electron chi connectivity index (χ4n) is 1.55. The Kier molecular flexibility index (Phi) is 13.4. The molecule has 0 saturated carbocycles. The van der Waals surface area contributed by atoms with E-state index in [1.54, 1.807) is 12.1 Å². The Balaban J connectivity index is 0.000000636. The summed E-state index contributed by atoms with van der Waals surface area (Å²) >= 11 is 0. The van der Waals surface area contributed by atoms with Gasteiger partial charge in [0.2, 0.25) is 0 Å². The van der Waals surface area contributed by atoms with Gasteiger partial charge in [-0.3, -0.25) is 0 Å². The SMILES string of the molecule is C=CC(=O)OCCCC.C=CC(=O)OCCCOc1ccc(C(=O)O)cc1. The van der Waals surface area contributed by atoms with Crippen molar-refractivity contribution in [1.82, 2.24) is 0 Å². The second kappa shape index (κ2) is 15.2. The number of carboxylic acid groups (broad SMARTS) is 1. The molecule has 1 aromatic carbocycles. The van der Waals surface area contributed by atoms with Crippen molar-refractivity contribution in [1.29, 1.82) is 0 Å². The molecule has 0 aliphatic carbocycles. The van der Waals surface area contributed by atoms with Gasteiger partial charge in [0.15, 0.2) is 0 Å². The van der Waals surface area contributed by atoms with Gasteiger partial charge in [0.1, 0.15) is 5.75 Å². The van der Waals surface area contributed by atoms with E-state index in [2.05, 4.69) is 17.9 Å². The number of rotatable bonds is 11. The van der Waals surface area contributed by atoms with E-state index < -0.39 is 11.9 Å². The van der Waals surface area contributed by atoms with Gasteiger partial charge < -0.3 is 19.3 Å². The number of ether oxygens (including phenoxy) is 3. The molecule has 0 aromatic heterocycles. The van der Waals surface area contributed by atoms with Crippen molar-refractivity contribution in [3.63, 3.8) is 0 Å². The van der Waals surface area contributed by atoms with Crippen LogP contribution in [0, 0.1) is 0 Å². The number of carbonyl (C=O) groups excluding carboxylic acids is 2. The summed E-state index contributed by atoms with van der Waals surface area (Å²) in [5.74, 6) is -1.18. The Morgan fingerprint density at radius 3 is 1.89 bits per heavy atom. The fraction of sp³-hybridized carbons (Fsp3) is 0.350. The zero-order valence-electron chi connectivity index (χ0n) is 15.5. The fourth-order valence-corrected chi connectivity index (χ4v) is 1.55. The highest BCUT2D eigenvalue weighted by Crippen LogP contribution is 2.12. The first-order valence-electron chi connectivity index (χ1n) is 8.49. The maximum absolute atomic E-state index is 10.7. The lowest BCUT2D eigenvalue weighted by atomic mass is 10.2. The lowest BCUT2D eigenvalue weighted by molar-refractivity contribution is -0.138. The molecular weight excluding hydrogens is 352 g/mol. The largest absolute Gasteiger partial charge is 0.493 e. The average molecular weight is 378 g/mol. The van der Waals surface area contributed by atoms with Crippen LogP contribution in [0.25, 0.3) is 0 Å². The van der Waals surface area contributed by atoms with Crippen LogP contribution in [0.1, 0.15) is 36.5 Å². The van der Waals surface area contributed by atoms with Crippen LogP contribution in [0.4, 0.5) is 0 Å². The molecule has 0 spiro atoms. The molecule has 1 rings (SSSR count). The first-order chi connectivity index (χ1) is 12.9. The molecule has 148 valence electrons. The van der Waals surface area contributed by atoms with Gasteiger partial charge in [-0.25, -0.2) is 14.4 Å². The summed E-state index contributed by atoms with van der Waals surface area (Å²) in [7, 11) is 0. The number of hydrogen-bond donors (Lipinski definition) is 1. The van der Waals surface area contributed by atoms with Gasteiger partial charge in [-0.15, -0.1) is 0 Å². The van der Waals surface area contributed by atoms with E-state index in [4.69, 9.17) is 14.6 Å². The van der Waals surface area contributed by atoms with Crippen LogP contribution in [0.3, 0.4) is 0 Å². The molecule has 0 saturated heterocycles. The van der Waals surface area contributed by atoms with Crippen molar-refractivity contribution in [2.75, 3.05) is 19.8 Å². The van der Waals surface area contributed by atoms with Gasteiger partial charge in [-0.1, -0.05) is 26.5 Å². The van der Waals surface area contributed by atoms with E-state index in [0.29, 0.717) is 25.4 Å². The first kappa shape index (κ1) is 23.9. The van der Waals surface area contributed by atoms with Crippen molar-refractivity contribution >= 4 is 17.9 Å². The van der Waals surface area contributed by atoms with E-state index in [9.17, 15) is 14.4 Å². The predicted octanol–water partition coefficient (Wildman–Crippen LogP) is 3.40. The van der Waals surface area contributed by atoms with Gasteiger partial charge in [-0.05, 0) is 30.7 Å². The molecule has 0 radical (unpaired) electrons. The molecule has 27 heavy (non-hydrogen) atoms. The third kappa shape index (κ3) is 12.9. The number of carboxylic acids is 1. The van der Waals surface area contributed by atoms with E-state index in [0.717, 1.165) is 18.9 Å². The molecule has 0 unspecified atom stereocenters. The smallest absolute Gasteiger partial charge is 0.335 e. The van der Waals surface area contributed by atoms with Gasteiger partial charge in [0, 0.05) is 18.6 Å². The van der Waals surface area contributed by atoms with Gasteiger partial charge in [0.05, 0.1) is 25.4 Å². The maximum Gasteiger partial charge on any atom is 0.335 e. The third-order valence-corrected chi connectivity index (χ3v) is 2.98. The summed E-state index contributed by atoms with van der Waals surface area (Å²) < 4.78 is 14.8. The third-order valence-electron chi connectivity index (χ3n) is 2.98. The zero-order chi connectivity index (χ0) is 20.5. The van der Waals surface area contributed by atoms with Crippen molar-refractivity contribution in [3.05, 3.63) is 55.1 Å². The lowest BCUT2D eigenvalue weighted by Gasteiger charge is -2.06. The Hall–Kier alpha value is -3.09. The predicted molar refractivity (Wildman–Crippen MR) is 101 cm³/mol. The Labute approximate surface area is 159 Å². The van der Waals surface area contributed by atoms with Crippen molar-refractivity contribution in [2.24, 2.45) is 0 Å². The molecule has 0 bridgehead atoms. The Morgan fingerprint density at radius 1 is 0.926 bits per heavy atom. The summed E-state index contributed by atoms with van der Waals surface area (Å²) in [6.07, 6.45) is 4.81. The maximum atomic E-state index is 10.7. The zero-order valence-corrected chi connectivity index (χ0v) is 15.5. The molecule has 7 nitrogen and oxygen atoms in total. The monoisotopic (exact) mass is 378 g/mol. The van der Waals surface area contributed by atoms with E-state index in [-0.39, 0.29) is 18.1 Å². The van der Waals surface area contributed by atoms with Crippen LogP contribution in [-0.4, -0.2) is 42.8 Å². The standard InChI is InChI=1S/C13H14O5.C7H12O2/c1-2-12(14)18-9-3-8-17-11-6-4-10(5-7-11)13(15)16;1-3-5-6-9-7(8)4-2/h2,4-7H,1,3,8-9H2,(H,15,16);4H,2-3,5-6H2,1H3. The summed E-state index contributed by atoms with van der Waals surface area (Å²) in [6, 6.07) is 6.10. The van der Waals surface area contributed by atoms with E-state index in [1.807, 2.05) is 6.92 Å². The van der Waals surface area contributed by atoms with E-state index >= 15 is 0 Å². The minimum Gasteiger partial charge on any atom is -0.493 e. The highest BCUT2D eigenvalue weighted by molar-refractivity contribution is 5.87. The molecule has 1 N–H and O–H groups in total. The number of hydrogen-bond acceptors (Lipinski definition) is 6. The lowest BCUT2D eigenvalue weighted by Crippen LogP contribution is -2.06. The summed E-state index contributed by atoms with van der Waals surface area (Å²) in [6.45, 7) is 9.75. The molecule has 0 heterocycles. The first-order valence-corrected chi connectivity index (χ1v) is 8.49. The molecule has 0 aliphatic rings. The van der Waals surface area contributed by atoms with Crippen LogP contribution in [-0.2, 0) is 19.1 Å². The average Bonchev–Trinajstić information content (AvgIpc) is 2.68.